The summed E-state index contributed by atoms with van der Waals surface area (Å²) in [4.78, 5) is 16.4. The Hall–Kier alpha value is -2.53. The van der Waals surface area contributed by atoms with E-state index in [1.165, 1.54) is 0 Å². The second kappa shape index (κ2) is 6.49. The lowest BCUT2D eigenvalue weighted by atomic mass is 10.2. The Morgan fingerprint density at radius 3 is 2.82 bits per heavy atom. The zero-order valence-corrected chi connectivity index (χ0v) is 13.1. The number of amides is 1. The molecule has 4 nitrogen and oxygen atoms in total. The first-order valence-corrected chi connectivity index (χ1v) is 7.46. The van der Waals surface area contributed by atoms with Crippen molar-refractivity contribution in [2.24, 2.45) is 5.10 Å². The molecule has 0 aliphatic heterocycles. The third kappa shape index (κ3) is 3.38. The van der Waals surface area contributed by atoms with Gasteiger partial charge in [-0.25, -0.2) is 10.4 Å². The number of aromatic nitrogens is 1. The summed E-state index contributed by atoms with van der Waals surface area (Å²) in [6.07, 6.45) is 1.59. The van der Waals surface area contributed by atoms with Crippen LogP contribution >= 0.6 is 15.9 Å². The Morgan fingerprint density at radius 2 is 1.95 bits per heavy atom. The first-order chi connectivity index (χ1) is 10.7. The van der Waals surface area contributed by atoms with Crippen LogP contribution in [0.1, 0.15) is 16.1 Å². The molecule has 1 N–H and O–H groups in total. The van der Waals surface area contributed by atoms with E-state index in [1.807, 2.05) is 54.6 Å². The van der Waals surface area contributed by atoms with Gasteiger partial charge in [-0.3, -0.25) is 4.79 Å². The topological polar surface area (TPSA) is 54.4 Å². The third-order valence-corrected chi connectivity index (χ3v) is 3.55. The molecule has 3 aromatic rings. The van der Waals surface area contributed by atoms with Crippen molar-refractivity contribution >= 4 is 39.0 Å². The van der Waals surface area contributed by atoms with E-state index in [-0.39, 0.29) is 5.91 Å². The number of nitrogens with one attached hydrogen (secondary N) is 1. The van der Waals surface area contributed by atoms with Gasteiger partial charge in [0, 0.05) is 9.86 Å². The minimum atomic E-state index is -0.336. The number of para-hydroxylation sites is 1. The van der Waals surface area contributed by atoms with Crippen LogP contribution in [0.15, 0.2) is 70.2 Å². The standard InChI is InChI=1S/C17H12BrN3O/c18-14-6-3-4-12(10-14)11-19-21-17(22)16-9-8-13-5-1-2-7-15(13)20-16/h1-11H,(H,21,22)/b19-11+. The number of fused-ring (bicyclic) bond motifs is 1. The van der Waals surface area contributed by atoms with Gasteiger partial charge in [0.05, 0.1) is 11.7 Å². The monoisotopic (exact) mass is 353 g/mol. The van der Waals surface area contributed by atoms with Crippen molar-refractivity contribution in [2.45, 2.75) is 0 Å². The van der Waals surface area contributed by atoms with E-state index in [0.29, 0.717) is 5.69 Å². The van der Waals surface area contributed by atoms with Gasteiger partial charge in [-0.15, -0.1) is 0 Å². The largest absolute Gasteiger partial charge is 0.289 e. The molecule has 0 bridgehead atoms. The Morgan fingerprint density at radius 1 is 1.09 bits per heavy atom. The lowest BCUT2D eigenvalue weighted by Crippen LogP contribution is -2.18. The highest BCUT2D eigenvalue weighted by Gasteiger charge is 2.06. The van der Waals surface area contributed by atoms with Crippen molar-refractivity contribution in [1.29, 1.82) is 0 Å². The van der Waals surface area contributed by atoms with Crippen molar-refractivity contribution in [1.82, 2.24) is 10.4 Å². The molecule has 0 atom stereocenters. The quantitative estimate of drug-likeness (QED) is 0.575. The minimum Gasteiger partial charge on any atom is -0.266 e. The second-order valence-electron chi connectivity index (χ2n) is 4.64. The van der Waals surface area contributed by atoms with Gasteiger partial charge in [0.2, 0.25) is 0 Å². The van der Waals surface area contributed by atoms with E-state index in [2.05, 4.69) is 31.4 Å². The van der Waals surface area contributed by atoms with Gasteiger partial charge in [-0.1, -0.05) is 52.3 Å². The van der Waals surface area contributed by atoms with Crippen LogP contribution in [0.4, 0.5) is 0 Å². The van der Waals surface area contributed by atoms with Crippen LogP contribution < -0.4 is 5.43 Å². The van der Waals surface area contributed by atoms with Crippen molar-refractivity contribution in [3.63, 3.8) is 0 Å². The van der Waals surface area contributed by atoms with E-state index in [1.54, 1.807) is 12.3 Å². The first-order valence-electron chi connectivity index (χ1n) is 6.67. The zero-order valence-electron chi connectivity index (χ0n) is 11.5. The molecular weight excluding hydrogens is 342 g/mol. The molecular formula is C17H12BrN3O. The minimum absolute atomic E-state index is 0.336. The first kappa shape index (κ1) is 14.4. The number of nitrogens with zero attached hydrogens (tertiary/aromatic N) is 2. The van der Waals surface area contributed by atoms with Crippen LogP contribution in [0.5, 0.6) is 0 Å². The summed E-state index contributed by atoms with van der Waals surface area (Å²) in [5.74, 6) is -0.336. The van der Waals surface area contributed by atoms with Gasteiger partial charge in [0.25, 0.3) is 5.91 Å². The molecule has 0 radical (unpaired) electrons. The number of hydrogen-bond acceptors (Lipinski definition) is 3. The molecule has 22 heavy (non-hydrogen) atoms. The molecule has 1 amide bonds. The fourth-order valence-corrected chi connectivity index (χ4v) is 2.42. The lowest BCUT2D eigenvalue weighted by Gasteiger charge is -2.01. The molecule has 0 spiro atoms. The predicted molar refractivity (Wildman–Crippen MR) is 90.9 cm³/mol. The van der Waals surface area contributed by atoms with Crippen molar-refractivity contribution in [3.8, 4) is 0 Å². The fourth-order valence-electron chi connectivity index (χ4n) is 2.00. The number of pyridine rings is 1. The number of rotatable bonds is 3. The van der Waals surface area contributed by atoms with E-state index in [9.17, 15) is 4.79 Å². The molecule has 0 aliphatic rings. The van der Waals surface area contributed by atoms with Gasteiger partial charge in [0.15, 0.2) is 0 Å². The maximum Gasteiger partial charge on any atom is 0.289 e. The highest BCUT2D eigenvalue weighted by molar-refractivity contribution is 9.10. The zero-order chi connectivity index (χ0) is 15.4. The normalized spacial score (nSPS) is 11.0. The maximum absolute atomic E-state index is 12.0. The highest BCUT2D eigenvalue weighted by atomic mass is 79.9. The molecule has 0 saturated carbocycles. The summed E-state index contributed by atoms with van der Waals surface area (Å²) >= 11 is 3.38. The molecule has 0 fully saturated rings. The van der Waals surface area contributed by atoms with Crippen LogP contribution in [-0.4, -0.2) is 17.1 Å². The Kier molecular flexibility index (Phi) is 4.25. The van der Waals surface area contributed by atoms with Crippen molar-refractivity contribution in [3.05, 3.63) is 76.4 Å². The molecule has 5 heteroatoms. The van der Waals surface area contributed by atoms with E-state index >= 15 is 0 Å². The number of carbonyl (C=O) groups excluding carboxylic acids is 1. The highest BCUT2D eigenvalue weighted by Crippen LogP contribution is 2.12. The summed E-state index contributed by atoms with van der Waals surface area (Å²) in [5.41, 5.74) is 4.50. The van der Waals surface area contributed by atoms with Crippen molar-refractivity contribution in [2.75, 3.05) is 0 Å². The molecule has 3 rings (SSSR count). The molecule has 108 valence electrons. The average Bonchev–Trinajstić information content (AvgIpc) is 2.54. The van der Waals surface area contributed by atoms with Crippen LogP contribution in [0, 0.1) is 0 Å². The Balaban J connectivity index is 1.73. The van der Waals surface area contributed by atoms with Gasteiger partial charge < -0.3 is 0 Å². The van der Waals surface area contributed by atoms with Gasteiger partial charge >= 0.3 is 0 Å². The average molecular weight is 354 g/mol. The molecule has 0 saturated heterocycles. The third-order valence-electron chi connectivity index (χ3n) is 3.06. The second-order valence-corrected chi connectivity index (χ2v) is 5.56. The number of hydrazone groups is 1. The van der Waals surface area contributed by atoms with Gasteiger partial charge in [0.1, 0.15) is 5.69 Å². The fraction of sp³-hybridized carbons (Fsp3) is 0. The van der Waals surface area contributed by atoms with Gasteiger partial charge in [-0.05, 0) is 29.8 Å². The number of hydrogen-bond donors (Lipinski definition) is 1. The molecule has 2 aromatic carbocycles. The molecule has 0 unspecified atom stereocenters. The van der Waals surface area contributed by atoms with Crippen LogP contribution in [0.3, 0.4) is 0 Å². The predicted octanol–water partition coefficient (Wildman–Crippen LogP) is 3.76. The summed E-state index contributed by atoms with van der Waals surface area (Å²) in [6, 6.07) is 18.8. The van der Waals surface area contributed by atoms with Crippen LogP contribution in [0.25, 0.3) is 10.9 Å². The molecule has 1 aromatic heterocycles. The Labute approximate surface area is 136 Å². The van der Waals surface area contributed by atoms with Gasteiger partial charge in [-0.2, -0.15) is 5.10 Å². The number of halogens is 1. The SMILES string of the molecule is O=C(N/N=C/c1cccc(Br)c1)c1ccc2ccccc2n1. The smallest absolute Gasteiger partial charge is 0.266 e. The Bertz CT molecular complexity index is 861. The maximum atomic E-state index is 12.0. The van der Waals surface area contributed by atoms with Crippen LogP contribution in [0.2, 0.25) is 0 Å². The summed E-state index contributed by atoms with van der Waals surface area (Å²) in [6.45, 7) is 0. The van der Waals surface area contributed by atoms with Crippen LogP contribution in [-0.2, 0) is 0 Å². The van der Waals surface area contributed by atoms with Crippen molar-refractivity contribution < 1.29 is 4.79 Å². The van der Waals surface area contributed by atoms with E-state index < -0.39 is 0 Å². The molecule has 1 heterocycles. The number of benzene rings is 2. The summed E-state index contributed by atoms with van der Waals surface area (Å²) in [5, 5.41) is 4.95. The lowest BCUT2D eigenvalue weighted by molar-refractivity contribution is 0.0950. The molecule has 0 aliphatic carbocycles. The summed E-state index contributed by atoms with van der Waals surface area (Å²) in [7, 11) is 0. The van der Waals surface area contributed by atoms with E-state index in [0.717, 1.165) is 20.9 Å². The number of carbonyl (C=O) groups is 1. The summed E-state index contributed by atoms with van der Waals surface area (Å²) < 4.78 is 0.957. The van der Waals surface area contributed by atoms with E-state index in [4.69, 9.17) is 0 Å².